The first-order valence-electron chi connectivity index (χ1n) is 5.91. The molecule has 0 spiro atoms. The molecule has 0 aliphatic heterocycles. The van der Waals surface area contributed by atoms with Gasteiger partial charge in [-0.1, -0.05) is 35.4 Å². The van der Waals surface area contributed by atoms with Crippen molar-refractivity contribution in [3.8, 4) is 0 Å². The SMILES string of the molecule is [N-]=[N+]=Nc1cc(C(=O)O)ccc1NCc1ccccc1. The molecule has 20 heavy (non-hydrogen) atoms. The van der Waals surface area contributed by atoms with Crippen LogP contribution in [0.1, 0.15) is 15.9 Å². The molecule has 0 fully saturated rings. The van der Waals surface area contributed by atoms with Gasteiger partial charge in [-0.3, -0.25) is 0 Å². The van der Waals surface area contributed by atoms with Crippen LogP contribution in [0.5, 0.6) is 0 Å². The quantitative estimate of drug-likeness (QED) is 0.488. The molecule has 0 aromatic heterocycles. The highest BCUT2D eigenvalue weighted by atomic mass is 16.4. The van der Waals surface area contributed by atoms with Gasteiger partial charge in [-0.2, -0.15) is 0 Å². The van der Waals surface area contributed by atoms with Gasteiger partial charge in [0.15, 0.2) is 0 Å². The van der Waals surface area contributed by atoms with Crippen molar-refractivity contribution in [2.45, 2.75) is 6.54 Å². The lowest BCUT2D eigenvalue weighted by molar-refractivity contribution is 0.0697. The van der Waals surface area contributed by atoms with Crippen LogP contribution in [0.2, 0.25) is 0 Å². The monoisotopic (exact) mass is 268 g/mol. The highest BCUT2D eigenvalue weighted by Crippen LogP contribution is 2.27. The number of benzene rings is 2. The zero-order valence-electron chi connectivity index (χ0n) is 10.5. The van der Waals surface area contributed by atoms with Crippen LogP contribution in [-0.2, 0) is 6.54 Å². The molecule has 2 N–H and O–H groups in total. The molecule has 0 aliphatic carbocycles. The summed E-state index contributed by atoms with van der Waals surface area (Å²) in [6.45, 7) is 0.557. The molecule has 0 aliphatic rings. The van der Waals surface area contributed by atoms with Crippen LogP contribution in [-0.4, -0.2) is 11.1 Å². The Morgan fingerprint density at radius 1 is 1.25 bits per heavy atom. The lowest BCUT2D eigenvalue weighted by Crippen LogP contribution is -2.01. The molecule has 0 saturated carbocycles. The molecule has 0 amide bonds. The minimum absolute atomic E-state index is 0.0812. The van der Waals surface area contributed by atoms with Gasteiger partial charge < -0.3 is 10.4 Å². The average molecular weight is 268 g/mol. The smallest absolute Gasteiger partial charge is 0.335 e. The summed E-state index contributed by atoms with van der Waals surface area (Å²) in [5, 5.41) is 15.6. The number of azide groups is 1. The molecule has 0 radical (unpaired) electrons. The topological polar surface area (TPSA) is 98.1 Å². The van der Waals surface area contributed by atoms with Crippen molar-refractivity contribution in [1.82, 2.24) is 0 Å². The van der Waals surface area contributed by atoms with Gasteiger partial charge in [0.05, 0.1) is 11.3 Å². The number of carboxylic acids is 1. The van der Waals surface area contributed by atoms with Gasteiger partial charge in [0, 0.05) is 17.1 Å². The molecule has 2 aromatic rings. The summed E-state index contributed by atoms with van der Waals surface area (Å²) in [5.74, 6) is -1.06. The molecule has 0 atom stereocenters. The summed E-state index contributed by atoms with van der Waals surface area (Å²) >= 11 is 0. The second-order valence-electron chi connectivity index (χ2n) is 4.07. The Balaban J connectivity index is 2.22. The van der Waals surface area contributed by atoms with Crippen molar-refractivity contribution >= 4 is 17.3 Å². The maximum Gasteiger partial charge on any atom is 0.335 e. The van der Waals surface area contributed by atoms with Crippen molar-refractivity contribution in [3.63, 3.8) is 0 Å². The lowest BCUT2D eigenvalue weighted by atomic mass is 10.1. The first kappa shape index (κ1) is 13.5. The number of anilines is 1. The fourth-order valence-corrected chi connectivity index (χ4v) is 1.74. The van der Waals surface area contributed by atoms with Gasteiger partial charge in [-0.05, 0) is 29.3 Å². The largest absolute Gasteiger partial charge is 0.478 e. The number of carboxylic acid groups (broad SMARTS) is 1. The van der Waals surface area contributed by atoms with Gasteiger partial charge in [-0.15, -0.1) is 0 Å². The van der Waals surface area contributed by atoms with E-state index in [4.69, 9.17) is 10.6 Å². The van der Waals surface area contributed by atoms with E-state index in [1.54, 1.807) is 6.07 Å². The second kappa shape index (κ2) is 6.26. The summed E-state index contributed by atoms with van der Waals surface area (Å²) in [6.07, 6.45) is 0. The predicted octanol–water partition coefficient (Wildman–Crippen LogP) is 3.94. The molecular formula is C14H12N4O2. The lowest BCUT2D eigenvalue weighted by Gasteiger charge is -2.10. The van der Waals surface area contributed by atoms with E-state index >= 15 is 0 Å². The zero-order valence-corrected chi connectivity index (χ0v) is 10.5. The van der Waals surface area contributed by atoms with Gasteiger partial charge in [0.2, 0.25) is 0 Å². The number of nitrogens with one attached hydrogen (secondary N) is 1. The molecule has 0 bridgehead atoms. The van der Waals surface area contributed by atoms with Gasteiger partial charge in [0.1, 0.15) is 0 Å². The Hall–Kier alpha value is -2.98. The zero-order chi connectivity index (χ0) is 14.4. The summed E-state index contributed by atoms with van der Waals surface area (Å²) in [6, 6.07) is 14.1. The van der Waals surface area contributed by atoms with Gasteiger partial charge in [0.25, 0.3) is 0 Å². The molecular weight excluding hydrogens is 256 g/mol. The summed E-state index contributed by atoms with van der Waals surface area (Å²) in [5.41, 5.74) is 10.6. The van der Waals surface area contributed by atoms with E-state index in [1.807, 2.05) is 30.3 Å². The Morgan fingerprint density at radius 2 is 2.00 bits per heavy atom. The van der Waals surface area contributed by atoms with Crippen LogP contribution >= 0.6 is 0 Å². The number of hydrogen-bond donors (Lipinski definition) is 2. The van der Waals surface area contributed by atoms with E-state index in [-0.39, 0.29) is 11.3 Å². The summed E-state index contributed by atoms with van der Waals surface area (Å²) < 4.78 is 0. The Kier molecular flexibility index (Phi) is 4.21. The van der Waals surface area contributed by atoms with E-state index in [1.165, 1.54) is 12.1 Å². The molecule has 6 nitrogen and oxygen atoms in total. The van der Waals surface area contributed by atoms with Crippen molar-refractivity contribution in [2.75, 3.05) is 5.32 Å². The van der Waals surface area contributed by atoms with Crippen molar-refractivity contribution in [1.29, 1.82) is 0 Å². The minimum atomic E-state index is -1.06. The molecule has 2 rings (SSSR count). The molecule has 100 valence electrons. The third kappa shape index (κ3) is 3.28. The molecule has 0 saturated heterocycles. The molecule has 0 unspecified atom stereocenters. The van der Waals surface area contributed by atoms with Gasteiger partial charge in [-0.25, -0.2) is 4.79 Å². The van der Waals surface area contributed by atoms with E-state index in [2.05, 4.69) is 15.3 Å². The summed E-state index contributed by atoms with van der Waals surface area (Å²) in [7, 11) is 0. The van der Waals surface area contributed by atoms with E-state index in [0.29, 0.717) is 12.2 Å². The fraction of sp³-hybridized carbons (Fsp3) is 0.0714. The van der Waals surface area contributed by atoms with Crippen LogP contribution in [0.4, 0.5) is 11.4 Å². The summed E-state index contributed by atoms with van der Waals surface area (Å²) in [4.78, 5) is 13.6. The predicted molar refractivity (Wildman–Crippen MR) is 76.0 cm³/mol. The standard InChI is InChI=1S/C14H12N4O2/c15-18-17-13-8-11(14(19)20)6-7-12(13)16-9-10-4-2-1-3-5-10/h1-8,16H,9H2,(H,19,20). The van der Waals surface area contributed by atoms with Crippen LogP contribution in [0.15, 0.2) is 53.6 Å². The highest BCUT2D eigenvalue weighted by Gasteiger charge is 2.07. The number of rotatable bonds is 5. The second-order valence-corrected chi connectivity index (χ2v) is 4.07. The van der Waals surface area contributed by atoms with Crippen molar-refractivity contribution in [2.24, 2.45) is 5.11 Å². The number of hydrogen-bond acceptors (Lipinski definition) is 3. The van der Waals surface area contributed by atoms with Crippen LogP contribution in [0, 0.1) is 0 Å². The number of aromatic carboxylic acids is 1. The van der Waals surface area contributed by atoms with Crippen LogP contribution < -0.4 is 5.32 Å². The Bertz CT molecular complexity index is 664. The highest BCUT2D eigenvalue weighted by molar-refractivity contribution is 5.90. The molecule has 6 heteroatoms. The Labute approximate surface area is 115 Å². The number of nitrogens with zero attached hydrogens (tertiary/aromatic N) is 3. The maximum atomic E-state index is 10.9. The normalized spacial score (nSPS) is 9.60. The average Bonchev–Trinajstić information content (AvgIpc) is 2.47. The van der Waals surface area contributed by atoms with Crippen LogP contribution in [0.3, 0.4) is 0 Å². The first-order valence-corrected chi connectivity index (χ1v) is 5.91. The van der Waals surface area contributed by atoms with Crippen molar-refractivity contribution < 1.29 is 9.90 Å². The molecule has 2 aromatic carbocycles. The Morgan fingerprint density at radius 3 is 2.65 bits per heavy atom. The van der Waals surface area contributed by atoms with E-state index in [0.717, 1.165) is 5.56 Å². The fourth-order valence-electron chi connectivity index (χ4n) is 1.74. The minimum Gasteiger partial charge on any atom is -0.478 e. The number of carbonyl (C=O) groups is 1. The van der Waals surface area contributed by atoms with E-state index in [9.17, 15) is 4.79 Å². The van der Waals surface area contributed by atoms with E-state index < -0.39 is 5.97 Å². The third-order valence-electron chi connectivity index (χ3n) is 2.72. The van der Waals surface area contributed by atoms with Crippen molar-refractivity contribution in [3.05, 3.63) is 70.1 Å². The first-order chi connectivity index (χ1) is 9.70. The third-order valence-corrected chi connectivity index (χ3v) is 2.72. The van der Waals surface area contributed by atoms with Gasteiger partial charge >= 0.3 is 5.97 Å². The van der Waals surface area contributed by atoms with Crippen LogP contribution in [0.25, 0.3) is 10.4 Å². The molecule has 0 heterocycles. The maximum absolute atomic E-state index is 10.9.